The molecule has 62 valence electrons. The Morgan fingerprint density at radius 3 is 1.80 bits per heavy atom. The standard InChI is InChI=1S/C6H13Br2OP/c1-2-10(9,5-3-7)6-4-8/h2-6H2,1H3. The zero-order valence-electron chi connectivity index (χ0n) is 6.15. The van der Waals surface area contributed by atoms with Crippen LogP contribution in [0.25, 0.3) is 0 Å². The van der Waals surface area contributed by atoms with Crippen molar-refractivity contribution in [3.05, 3.63) is 0 Å². The van der Waals surface area contributed by atoms with E-state index >= 15 is 0 Å². The fourth-order valence-corrected chi connectivity index (χ4v) is 6.09. The van der Waals surface area contributed by atoms with Crippen LogP contribution in [-0.2, 0) is 4.57 Å². The quantitative estimate of drug-likeness (QED) is 0.562. The second-order valence-electron chi connectivity index (χ2n) is 2.20. The van der Waals surface area contributed by atoms with Crippen molar-refractivity contribution in [2.24, 2.45) is 0 Å². The van der Waals surface area contributed by atoms with Crippen LogP contribution in [0.1, 0.15) is 6.92 Å². The third kappa shape index (κ3) is 4.15. The third-order valence-corrected chi connectivity index (χ3v) is 6.81. The largest absolute Gasteiger partial charge is 0.324 e. The molecule has 0 N–H and O–H groups in total. The fourth-order valence-electron chi connectivity index (χ4n) is 0.736. The molecule has 0 atom stereocenters. The molecule has 4 heteroatoms. The number of alkyl halides is 2. The molecule has 0 amide bonds. The van der Waals surface area contributed by atoms with Gasteiger partial charge in [0.05, 0.1) is 7.14 Å². The molecule has 0 radical (unpaired) electrons. The Balaban J connectivity index is 3.83. The van der Waals surface area contributed by atoms with Crippen LogP contribution in [0.15, 0.2) is 0 Å². The average Bonchev–Trinajstić information content (AvgIpc) is 1.89. The van der Waals surface area contributed by atoms with Crippen LogP contribution in [0.2, 0.25) is 0 Å². The van der Waals surface area contributed by atoms with Crippen LogP contribution >= 0.6 is 39.0 Å². The van der Waals surface area contributed by atoms with Gasteiger partial charge >= 0.3 is 0 Å². The third-order valence-electron chi connectivity index (χ3n) is 1.56. The van der Waals surface area contributed by atoms with E-state index < -0.39 is 7.14 Å². The van der Waals surface area contributed by atoms with Gasteiger partial charge in [-0.25, -0.2) is 0 Å². The van der Waals surface area contributed by atoms with E-state index in [2.05, 4.69) is 31.9 Å². The molecule has 0 aromatic heterocycles. The Morgan fingerprint density at radius 2 is 1.60 bits per heavy atom. The van der Waals surface area contributed by atoms with Gasteiger partial charge in [-0.3, -0.25) is 0 Å². The highest BCUT2D eigenvalue weighted by Crippen LogP contribution is 2.44. The van der Waals surface area contributed by atoms with Gasteiger partial charge in [0.15, 0.2) is 0 Å². The normalized spacial score (nSPS) is 11.9. The molecule has 10 heavy (non-hydrogen) atoms. The van der Waals surface area contributed by atoms with E-state index in [0.717, 1.165) is 29.1 Å². The first-order valence-electron chi connectivity index (χ1n) is 3.37. The van der Waals surface area contributed by atoms with Crippen molar-refractivity contribution in [2.45, 2.75) is 6.92 Å². The van der Waals surface area contributed by atoms with E-state index in [1.54, 1.807) is 0 Å². The minimum atomic E-state index is -1.79. The summed E-state index contributed by atoms with van der Waals surface area (Å²) in [6.07, 6.45) is 2.52. The summed E-state index contributed by atoms with van der Waals surface area (Å²) in [5.41, 5.74) is 0. The monoisotopic (exact) mass is 290 g/mol. The number of hydrogen-bond acceptors (Lipinski definition) is 1. The fraction of sp³-hybridized carbons (Fsp3) is 1.00. The predicted molar refractivity (Wildman–Crippen MR) is 55.5 cm³/mol. The molecule has 0 saturated carbocycles. The highest BCUT2D eigenvalue weighted by atomic mass is 79.9. The average molecular weight is 292 g/mol. The van der Waals surface area contributed by atoms with Crippen LogP contribution in [0.3, 0.4) is 0 Å². The highest BCUT2D eigenvalue weighted by Gasteiger charge is 2.16. The van der Waals surface area contributed by atoms with Gasteiger partial charge in [0, 0.05) is 23.0 Å². The summed E-state index contributed by atoms with van der Waals surface area (Å²) < 4.78 is 11.7. The van der Waals surface area contributed by atoms with E-state index in [1.165, 1.54) is 0 Å². The van der Waals surface area contributed by atoms with Crippen LogP contribution < -0.4 is 0 Å². The van der Waals surface area contributed by atoms with E-state index in [9.17, 15) is 4.57 Å². The van der Waals surface area contributed by atoms with Gasteiger partial charge in [0.25, 0.3) is 0 Å². The Kier molecular flexibility index (Phi) is 6.48. The molecule has 0 spiro atoms. The molecule has 0 fully saturated rings. The van der Waals surface area contributed by atoms with Gasteiger partial charge < -0.3 is 4.57 Å². The summed E-state index contributed by atoms with van der Waals surface area (Å²) in [5.74, 6) is 0. The molecule has 0 aromatic carbocycles. The minimum Gasteiger partial charge on any atom is -0.324 e. The zero-order chi connectivity index (χ0) is 8.04. The van der Waals surface area contributed by atoms with Gasteiger partial charge in [0.2, 0.25) is 0 Å². The summed E-state index contributed by atoms with van der Waals surface area (Å²) >= 11 is 6.62. The van der Waals surface area contributed by atoms with Gasteiger partial charge in [-0.1, -0.05) is 38.8 Å². The Bertz CT molecular complexity index is 117. The van der Waals surface area contributed by atoms with Crippen molar-refractivity contribution in [3.63, 3.8) is 0 Å². The minimum absolute atomic E-state index is 0.837. The maximum atomic E-state index is 11.7. The smallest absolute Gasteiger partial charge is 0.0891 e. The molecular formula is C6H13Br2OP. The number of halogens is 2. The molecule has 0 aliphatic heterocycles. The molecule has 0 bridgehead atoms. The van der Waals surface area contributed by atoms with Crippen LogP contribution in [0, 0.1) is 0 Å². The second kappa shape index (κ2) is 5.79. The summed E-state index contributed by atoms with van der Waals surface area (Å²) in [6, 6.07) is 0. The first-order valence-corrected chi connectivity index (χ1v) is 7.88. The highest BCUT2D eigenvalue weighted by molar-refractivity contribution is 9.09. The van der Waals surface area contributed by atoms with Crippen molar-refractivity contribution in [2.75, 3.05) is 29.1 Å². The van der Waals surface area contributed by atoms with Crippen molar-refractivity contribution in [1.29, 1.82) is 0 Å². The lowest BCUT2D eigenvalue weighted by atomic mass is 10.9. The first-order chi connectivity index (χ1) is 4.68. The van der Waals surface area contributed by atoms with Gasteiger partial charge in [-0.05, 0) is 6.16 Å². The van der Waals surface area contributed by atoms with Crippen molar-refractivity contribution >= 4 is 39.0 Å². The van der Waals surface area contributed by atoms with E-state index in [1.807, 2.05) is 6.92 Å². The molecule has 0 aromatic rings. The summed E-state index contributed by atoms with van der Waals surface area (Å²) in [5, 5.41) is 1.73. The van der Waals surface area contributed by atoms with Crippen LogP contribution in [-0.4, -0.2) is 29.1 Å². The molecule has 1 nitrogen and oxygen atoms in total. The lowest BCUT2D eigenvalue weighted by Crippen LogP contribution is -1.99. The lowest BCUT2D eigenvalue weighted by Gasteiger charge is -2.12. The molecule has 0 aliphatic carbocycles. The van der Waals surface area contributed by atoms with Gasteiger partial charge in [-0.2, -0.15) is 0 Å². The molecular weight excluding hydrogens is 279 g/mol. The van der Waals surface area contributed by atoms with Crippen LogP contribution in [0.4, 0.5) is 0 Å². The molecule has 0 rings (SSSR count). The zero-order valence-corrected chi connectivity index (χ0v) is 10.2. The topological polar surface area (TPSA) is 17.1 Å². The number of hydrogen-bond donors (Lipinski definition) is 0. The van der Waals surface area contributed by atoms with Gasteiger partial charge in [-0.15, -0.1) is 0 Å². The Labute approximate surface area is 79.6 Å². The van der Waals surface area contributed by atoms with Crippen molar-refractivity contribution in [3.8, 4) is 0 Å². The molecule has 0 heterocycles. The van der Waals surface area contributed by atoms with Gasteiger partial charge in [0.1, 0.15) is 0 Å². The predicted octanol–water partition coefficient (Wildman–Crippen LogP) is 3.16. The van der Waals surface area contributed by atoms with Crippen molar-refractivity contribution < 1.29 is 4.57 Å². The SMILES string of the molecule is CCP(=O)(CCBr)CCBr. The van der Waals surface area contributed by atoms with E-state index in [-0.39, 0.29) is 0 Å². The van der Waals surface area contributed by atoms with E-state index in [4.69, 9.17) is 0 Å². The Morgan fingerprint density at radius 1 is 1.20 bits per heavy atom. The first kappa shape index (κ1) is 11.2. The van der Waals surface area contributed by atoms with Crippen LogP contribution in [0.5, 0.6) is 0 Å². The molecule has 0 saturated heterocycles. The Hall–Kier alpha value is 1.19. The summed E-state index contributed by atoms with van der Waals surface area (Å²) in [7, 11) is -1.79. The molecule has 0 unspecified atom stereocenters. The second-order valence-corrected chi connectivity index (χ2v) is 7.43. The van der Waals surface area contributed by atoms with Crippen molar-refractivity contribution in [1.82, 2.24) is 0 Å². The lowest BCUT2D eigenvalue weighted by molar-refractivity contribution is 0.577. The van der Waals surface area contributed by atoms with E-state index in [0.29, 0.717) is 0 Å². The summed E-state index contributed by atoms with van der Waals surface area (Å²) in [6.45, 7) is 2.01. The maximum Gasteiger partial charge on any atom is 0.0891 e. The summed E-state index contributed by atoms with van der Waals surface area (Å²) in [4.78, 5) is 0. The maximum absolute atomic E-state index is 11.7. The molecule has 0 aliphatic rings. The number of rotatable bonds is 5.